The molecule has 0 radical (unpaired) electrons. The van der Waals surface area contributed by atoms with Gasteiger partial charge in [-0.25, -0.2) is 9.50 Å². The number of rotatable bonds is 5. The molecule has 0 saturated heterocycles. The van der Waals surface area contributed by atoms with Crippen molar-refractivity contribution in [1.82, 2.24) is 24.9 Å². The van der Waals surface area contributed by atoms with Crippen molar-refractivity contribution in [1.29, 1.82) is 0 Å². The van der Waals surface area contributed by atoms with E-state index < -0.39 is 0 Å². The molecule has 0 atom stereocenters. The van der Waals surface area contributed by atoms with Crippen LogP contribution >= 0.6 is 23.2 Å². The van der Waals surface area contributed by atoms with Gasteiger partial charge in [0.05, 0.1) is 5.02 Å². The Bertz CT molecular complexity index is 1070. The fraction of sp³-hybridized carbons (Fsp3) is 0.429. The Balaban J connectivity index is 1.58. The van der Waals surface area contributed by atoms with Gasteiger partial charge in [-0.1, -0.05) is 36.0 Å². The number of nitrogens with one attached hydrogen (secondary N) is 1. The largest absolute Gasteiger partial charge is 0.353 e. The summed E-state index contributed by atoms with van der Waals surface area (Å²) in [6, 6.07) is 5.57. The maximum Gasteiger partial charge on any atom is 0.253 e. The van der Waals surface area contributed by atoms with Gasteiger partial charge in [-0.15, -0.1) is 5.10 Å². The van der Waals surface area contributed by atoms with Crippen molar-refractivity contribution in [2.24, 2.45) is 0 Å². The maximum absolute atomic E-state index is 12.3. The zero-order chi connectivity index (χ0) is 20.5. The molecule has 1 N–H and O–H groups in total. The molecule has 0 unspecified atom stereocenters. The fourth-order valence-corrected chi connectivity index (χ4v) is 4.46. The van der Waals surface area contributed by atoms with E-state index in [9.17, 15) is 4.79 Å². The van der Waals surface area contributed by atoms with Gasteiger partial charge in [-0.2, -0.15) is 4.98 Å². The zero-order valence-corrected chi connectivity index (χ0v) is 18.0. The highest BCUT2D eigenvalue weighted by Crippen LogP contribution is 2.29. The van der Waals surface area contributed by atoms with E-state index in [-0.39, 0.29) is 5.91 Å². The van der Waals surface area contributed by atoms with Crippen LogP contribution in [0.1, 0.15) is 49.1 Å². The van der Waals surface area contributed by atoms with Crippen LogP contribution in [0.5, 0.6) is 0 Å². The van der Waals surface area contributed by atoms with Crippen molar-refractivity contribution in [2.45, 2.75) is 58.4 Å². The summed E-state index contributed by atoms with van der Waals surface area (Å²) < 4.78 is 1.72. The molecular weight excluding hydrogens is 409 g/mol. The number of hydrogen-bond donors (Lipinski definition) is 1. The number of fused-ring (bicyclic) bond motifs is 1. The minimum Gasteiger partial charge on any atom is -0.353 e. The Morgan fingerprint density at radius 2 is 1.97 bits per heavy atom. The zero-order valence-electron chi connectivity index (χ0n) is 16.5. The van der Waals surface area contributed by atoms with Gasteiger partial charge >= 0.3 is 0 Å². The lowest BCUT2D eigenvalue weighted by Crippen LogP contribution is -2.32. The maximum atomic E-state index is 12.3. The number of carbonyl (C=O) groups excluding carboxylic acids is 1. The topological polar surface area (TPSA) is 72.2 Å². The van der Waals surface area contributed by atoms with E-state index in [2.05, 4.69) is 20.4 Å². The molecule has 2 aromatic heterocycles. The van der Waals surface area contributed by atoms with E-state index >= 15 is 0 Å². The van der Waals surface area contributed by atoms with E-state index in [4.69, 9.17) is 23.2 Å². The van der Waals surface area contributed by atoms with Crippen molar-refractivity contribution >= 4 is 34.9 Å². The van der Waals surface area contributed by atoms with Crippen LogP contribution in [0.25, 0.3) is 17.2 Å². The molecule has 1 fully saturated rings. The van der Waals surface area contributed by atoms with Gasteiger partial charge in [0.1, 0.15) is 0 Å². The lowest BCUT2D eigenvalue weighted by Gasteiger charge is -2.13. The highest BCUT2D eigenvalue weighted by molar-refractivity contribution is 6.36. The van der Waals surface area contributed by atoms with E-state index in [1.165, 1.54) is 12.8 Å². The van der Waals surface area contributed by atoms with Crippen LogP contribution in [0, 0.1) is 13.8 Å². The first-order valence-electron chi connectivity index (χ1n) is 9.90. The third-order valence-electron chi connectivity index (χ3n) is 5.54. The molecule has 0 bridgehead atoms. The Labute approximate surface area is 179 Å². The second-order valence-corrected chi connectivity index (χ2v) is 8.43. The summed E-state index contributed by atoms with van der Waals surface area (Å²) in [6.45, 7) is 3.93. The number of nitrogens with zero attached hydrogens (tertiary/aromatic N) is 4. The van der Waals surface area contributed by atoms with Crippen LogP contribution in [-0.2, 0) is 11.2 Å². The lowest BCUT2D eigenvalue weighted by molar-refractivity contribution is -0.121. The van der Waals surface area contributed by atoms with Crippen LogP contribution < -0.4 is 5.32 Å². The number of hydrogen-bond acceptors (Lipinski definition) is 4. The molecule has 1 aromatic carbocycles. The number of aromatic nitrogens is 4. The van der Waals surface area contributed by atoms with Crippen molar-refractivity contribution in [3.05, 3.63) is 45.2 Å². The number of halogens is 2. The molecule has 2 heterocycles. The van der Waals surface area contributed by atoms with E-state index in [1.807, 2.05) is 13.8 Å². The second-order valence-electron chi connectivity index (χ2n) is 7.58. The summed E-state index contributed by atoms with van der Waals surface area (Å²) in [5.41, 5.74) is 3.53. The standard InChI is InChI=1S/C21H23Cl2N5O/c1-12-16(9-10-19(29)25-15-5-3-4-6-15)13(2)28-21(24-12)26-20(27-28)17-8-7-14(22)11-18(17)23/h7-8,11,15H,3-6,9-10H2,1-2H3,(H,25,29). The average molecular weight is 432 g/mol. The lowest BCUT2D eigenvalue weighted by atomic mass is 10.1. The van der Waals surface area contributed by atoms with E-state index in [1.54, 1.807) is 22.7 Å². The van der Waals surface area contributed by atoms with Gasteiger partial charge in [-0.05, 0) is 56.9 Å². The van der Waals surface area contributed by atoms with Gasteiger partial charge < -0.3 is 5.32 Å². The van der Waals surface area contributed by atoms with E-state index in [0.29, 0.717) is 46.1 Å². The van der Waals surface area contributed by atoms with E-state index in [0.717, 1.165) is 29.8 Å². The summed E-state index contributed by atoms with van der Waals surface area (Å²) in [4.78, 5) is 21.5. The SMILES string of the molecule is Cc1nc2nc(-c3ccc(Cl)cc3Cl)nn2c(C)c1CCC(=O)NC1CCCC1. The first kappa shape index (κ1) is 20.1. The van der Waals surface area contributed by atoms with Crippen molar-refractivity contribution in [3.63, 3.8) is 0 Å². The number of benzene rings is 1. The molecular formula is C21H23Cl2N5O. The monoisotopic (exact) mass is 431 g/mol. The first-order chi connectivity index (χ1) is 13.9. The molecule has 1 aliphatic rings. The molecule has 29 heavy (non-hydrogen) atoms. The Morgan fingerprint density at radius 1 is 1.21 bits per heavy atom. The van der Waals surface area contributed by atoms with Crippen LogP contribution in [0.2, 0.25) is 10.0 Å². The minimum atomic E-state index is 0.100. The van der Waals surface area contributed by atoms with Crippen LogP contribution in [-0.4, -0.2) is 31.5 Å². The second kappa shape index (κ2) is 8.28. The van der Waals surface area contributed by atoms with Gasteiger partial charge in [0, 0.05) is 34.4 Å². The molecule has 1 amide bonds. The molecule has 8 heteroatoms. The molecule has 4 rings (SSSR count). The molecule has 6 nitrogen and oxygen atoms in total. The van der Waals surface area contributed by atoms with Gasteiger partial charge in [0.2, 0.25) is 5.91 Å². The molecule has 1 saturated carbocycles. The van der Waals surface area contributed by atoms with Crippen LogP contribution in [0.4, 0.5) is 0 Å². The van der Waals surface area contributed by atoms with Crippen LogP contribution in [0.15, 0.2) is 18.2 Å². The van der Waals surface area contributed by atoms with Crippen molar-refractivity contribution < 1.29 is 4.79 Å². The summed E-state index contributed by atoms with van der Waals surface area (Å²) >= 11 is 12.3. The van der Waals surface area contributed by atoms with Gasteiger partial charge in [-0.3, -0.25) is 4.79 Å². The quantitative estimate of drug-likeness (QED) is 0.634. The smallest absolute Gasteiger partial charge is 0.253 e. The van der Waals surface area contributed by atoms with Gasteiger partial charge in [0.15, 0.2) is 5.82 Å². The molecule has 0 spiro atoms. The molecule has 3 aromatic rings. The summed E-state index contributed by atoms with van der Waals surface area (Å²) in [7, 11) is 0. The minimum absolute atomic E-state index is 0.100. The van der Waals surface area contributed by atoms with Crippen molar-refractivity contribution in [3.8, 4) is 11.4 Å². The molecule has 0 aliphatic heterocycles. The average Bonchev–Trinajstić information content (AvgIpc) is 3.31. The summed E-state index contributed by atoms with van der Waals surface area (Å²) in [6.07, 6.45) is 5.65. The highest BCUT2D eigenvalue weighted by Gasteiger charge is 2.19. The summed E-state index contributed by atoms with van der Waals surface area (Å²) in [5, 5.41) is 8.80. The fourth-order valence-electron chi connectivity index (χ4n) is 3.96. The van der Waals surface area contributed by atoms with Gasteiger partial charge in [0.25, 0.3) is 5.78 Å². The predicted molar refractivity (Wildman–Crippen MR) is 114 cm³/mol. The molecule has 1 aliphatic carbocycles. The van der Waals surface area contributed by atoms with Crippen molar-refractivity contribution in [2.75, 3.05) is 0 Å². The third kappa shape index (κ3) is 4.23. The summed E-state index contributed by atoms with van der Waals surface area (Å²) in [5.74, 6) is 1.11. The Kier molecular flexibility index (Phi) is 5.74. The first-order valence-corrected chi connectivity index (χ1v) is 10.7. The number of aryl methyl sites for hydroxylation is 2. The predicted octanol–water partition coefficient (Wildman–Crippen LogP) is 4.71. The van der Waals surface area contributed by atoms with Crippen LogP contribution in [0.3, 0.4) is 0 Å². The normalized spacial score (nSPS) is 14.6. The Hall–Kier alpha value is -2.18. The highest BCUT2D eigenvalue weighted by atomic mass is 35.5. The third-order valence-corrected chi connectivity index (χ3v) is 6.09. The Morgan fingerprint density at radius 3 is 2.69 bits per heavy atom. The number of carbonyl (C=O) groups is 1. The molecule has 152 valence electrons. The number of amides is 1.